The van der Waals surface area contributed by atoms with Crippen LogP contribution >= 0.6 is 0 Å². The molecule has 7 nitrogen and oxygen atoms in total. The van der Waals surface area contributed by atoms with Gasteiger partial charge in [0.2, 0.25) is 0 Å². The number of hydrogen-bond donors (Lipinski definition) is 1. The van der Waals surface area contributed by atoms with Crippen LogP contribution in [0.5, 0.6) is 0 Å². The first-order chi connectivity index (χ1) is 14.3. The lowest BCUT2D eigenvalue weighted by atomic mass is 10.2. The van der Waals surface area contributed by atoms with Gasteiger partial charge in [-0.05, 0) is 31.9 Å². The molecular weight excluding hydrogens is 369 g/mol. The molecule has 1 fully saturated rings. The highest BCUT2D eigenvalue weighted by molar-refractivity contribution is 5.80. The van der Waals surface area contributed by atoms with Gasteiger partial charge < -0.3 is 19.7 Å². The standard InChI is InChI=1S/C21H30FN7/c1-2-23-21(24-16-20-26-25-19-10-4-3-7-11-29(19)20)28-14-12-27(13-15-28)18-9-6-5-8-17(18)22/h5-6,8-9H,2-4,7,10-16H2,1H3,(H,23,24). The van der Waals surface area contributed by atoms with Gasteiger partial charge in [0.25, 0.3) is 0 Å². The first-order valence-corrected chi connectivity index (χ1v) is 10.7. The highest BCUT2D eigenvalue weighted by atomic mass is 19.1. The molecule has 156 valence electrons. The van der Waals surface area contributed by atoms with E-state index >= 15 is 0 Å². The number of aryl methyl sites for hydroxylation is 1. The van der Waals surface area contributed by atoms with Gasteiger partial charge in [-0.1, -0.05) is 18.6 Å². The number of piperazine rings is 1. The molecule has 1 aromatic carbocycles. The summed E-state index contributed by atoms with van der Waals surface area (Å²) >= 11 is 0. The van der Waals surface area contributed by atoms with Gasteiger partial charge in [0.1, 0.15) is 18.2 Å². The van der Waals surface area contributed by atoms with Crippen molar-refractivity contribution in [2.24, 2.45) is 4.99 Å². The number of nitrogens with one attached hydrogen (secondary N) is 1. The average molecular weight is 400 g/mol. The number of fused-ring (bicyclic) bond motifs is 1. The fourth-order valence-electron chi connectivity index (χ4n) is 4.10. The highest BCUT2D eigenvalue weighted by Crippen LogP contribution is 2.20. The van der Waals surface area contributed by atoms with E-state index in [9.17, 15) is 4.39 Å². The summed E-state index contributed by atoms with van der Waals surface area (Å²) in [5.74, 6) is 2.78. The molecule has 29 heavy (non-hydrogen) atoms. The monoisotopic (exact) mass is 399 g/mol. The van der Waals surface area contributed by atoms with E-state index in [0.717, 1.165) is 63.3 Å². The number of aliphatic imine (C=N–C) groups is 1. The molecule has 0 amide bonds. The van der Waals surface area contributed by atoms with Gasteiger partial charge in [-0.2, -0.15) is 0 Å². The Morgan fingerprint density at radius 1 is 1.07 bits per heavy atom. The van der Waals surface area contributed by atoms with Gasteiger partial charge in [0, 0.05) is 45.7 Å². The summed E-state index contributed by atoms with van der Waals surface area (Å²) in [5.41, 5.74) is 0.681. The second-order valence-corrected chi connectivity index (χ2v) is 7.59. The van der Waals surface area contributed by atoms with E-state index in [4.69, 9.17) is 4.99 Å². The van der Waals surface area contributed by atoms with Crippen LogP contribution in [0.25, 0.3) is 0 Å². The van der Waals surface area contributed by atoms with E-state index in [2.05, 4.69) is 36.8 Å². The number of anilines is 1. The second kappa shape index (κ2) is 9.24. The first-order valence-electron chi connectivity index (χ1n) is 10.7. The van der Waals surface area contributed by atoms with Crippen LogP contribution in [-0.4, -0.2) is 58.3 Å². The highest BCUT2D eigenvalue weighted by Gasteiger charge is 2.22. The van der Waals surface area contributed by atoms with E-state index in [1.807, 2.05) is 12.1 Å². The van der Waals surface area contributed by atoms with Crippen molar-refractivity contribution in [2.75, 3.05) is 37.6 Å². The molecule has 0 spiro atoms. The molecule has 0 unspecified atom stereocenters. The number of hydrogen-bond acceptors (Lipinski definition) is 4. The zero-order valence-electron chi connectivity index (χ0n) is 17.1. The summed E-state index contributed by atoms with van der Waals surface area (Å²) in [6.07, 6.45) is 4.63. The molecule has 2 aromatic rings. The van der Waals surface area contributed by atoms with Gasteiger partial charge in [0.05, 0.1) is 5.69 Å². The van der Waals surface area contributed by atoms with Crippen LogP contribution < -0.4 is 10.2 Å². The Hall–Kier alpha value is -2.64. The summed E-state index contributed by atoms with van der Waals surface area (Å²) in [5, 5.41) is 12.2. The summed E-state index contributed by atoms with van der Waals surface area (Å²) in [6.45, 7) is 7.56. The topological polar surface area (TPSA) is 61.6 Å². The Balaban J connectivity index is 1.42. The minimum atomic E-state index is -0.158. The molecule has 0 atom stereocenters. The zero-order valence-corrected chi connectivity index (χ0v) is 17.1. The lowest BCUT2D eigenvalue weighted by molar-refractivity contribution is 0.370. The largest absolute Gasteiger partial charge is 0.366 e. The van der Waals surface area contributed by atoms with Crippen molar-refractivity contribution >= 4 is 11.6 Å². The molecule has 2 aliphatic rings. The van der Waals surface area contributed by atoms with Crippen LogP contribution in [0, 0.1) is 5.82 Å². The predicted octanol–water partition coefficient (Wildman–Crippen LogP) is 2.43. The van der Waals surface area contributed by atoms with E-state index in [0.29, 0.717) is 12.2 Å². The van der Waals surface area contributed by atoms with Gasteiger partial charge in [0.15, 0.2) is 11.8 Å². The SMILES string of the molecule is CCNC(=NCc1nnc2n1CCCCC2)N1CCN(c2ccccc2F)CC1. The fourth-order valence-corrected chi connectivity index (χ4v) is 4.10. The third-order valence-corrected chi connectivity index (χ3v) is 5.66. The van der Waals surface area contributed by atoms with E-state index in [-0.39, 0.29) is 5.82 Å². The third kappa shape index (κ3) is 4.52. The molecule has 4 rings (SSSR count). The minimum Gasteiger partial charge on any atom is -0.366 e. The van der Waals surface area contributed by atoms with Crippen molar-refractivity contribution < 1.29 is 4.39 Å². The smallest absolute Gasteiger partial charge is 0.194 e. The molecule has 8 heteroatoms. The van der Waals surface area contributed by atoms with Gasteiger partial charge in [-0.25, -0.2) is 9.38 Å². The van der Waals surface area contributed by atoms with Crippen molar-refractivity contribution in [3.8, 4) is 0 Å². The number of halogens is 1. The summed E-state index contributed by atoms with van der Waals surface area (Å²) < 4.78 is 16.3. The van der Waals surface area contributed by atoms with E-state index < -0.39 is 0 Å². The maximum atomic E-state index is 14.1. The number of guanidine groups is 1. The molecule has 2 aliphatic heterocycles. The Morgan fingerprint density at radius 3 is 2.69 bits per heavy atom. The molecule has 3 heterocycles. The molecule has 1 aromatic heterocycles. The van der Waals surface area contributed by atoms with Crippen molar-refractivity contribution in [2.45, 2.75) is 45.7 Å². The predicted molar refractivity (Wildman–Crippen MR) is 113 cm³/mol. The van der Waals surface area contributed by atoms with Crippen LogP contribution in [0.4, 0.5) is 10.1 Å². The van der Waals surface area contributed by atoms with E-state index in [1.54, 1.807) is 6.07 Å². The van der Waals surface area contributed by atoms with Crippen LogP contribution in [0.1, 0.15) is 37.8 Å². The van der Waals surface area contributed by atoms with Gasteiger partial charge in [-0.15, -0.1) is 10.2 Å². The summed E-state index contributed by atoms with van der Waals surface area (Å²) in [4.78, 5) is 9.20. The maximum Gasteiger partial charge on any atom is 0.194 e. The molecule has 1 saturated heterocycles. The normalized spacial score (nSPS) is 17.8. The Kier molecular flexibility index (Phi) is 6.27. The lowest BCUT2D eigenvalue weighted by Crippen LogP contribution is -2.52. The molecule has 0 saturated carbocycles. The van der Waals surface area contributed by atoms with Crippen molar-refractivity contribution in [3.63, 3.8) is 0 Å². The Labute approximate surface area is 171 Å². The number of benzene rings is 1. The molecule has 0 radical (unpaired) electrons. The quantitative estimate of drug-likeness (QED) is 0.632. The second-order valence-electron chi connectivity index (χ2n) is 7.59. The average Bonchev–Trinajstić information content (AvgIpc) is 2.98. The Morgan fingerprint density at radius 2 is 1.90 bits per heavy atom. The van der Waals surface area contributed by atoms with Gasteiger partial charge in [-0.3, -0.25) is 0 Å². The zero-order chi connectivity index (χ0) is 20.1. The number of aromatic nitrogens is 3. The summed E-state index contributed by atoms with van der Waals surface area (Å²) in [7, 11) is 0. The number of para-hydroxylation sites is 1. The van der Waals surface area contributed by atoms with Crippen LogP contribution in [0.15, 0.2) is 29.3 Å². The number of nitrogens with zero attached hydrogens (tertiary/aromatic N) is 6. The minimum absolute atomic E-state index is 0.158. The van der Waals surface area contributed by atoms with Gasteiger partial charge >= 0.3 is 0 Å². The van der Waals surface area contributed by atoms with Crippen molar-refractivity contribution in [1.29, 1.82) is 0 Å². The van der Waals surface area contributed by atoms with Crippen molar-refractivity contribution in [3.05, 3.63) is 41.7 Å². The molecular formula is C21H30FN7. The molecule has 0 bridgehead atoms. The molecule has 0 aliphatic carbocycles. The third-order valence-electron chi connectivity index (χ3n) is 5.66. The van der Waals surface area contributed by atoms with Crippen LogP contribution in [-0.2, 0) is 19.5 Å². The van der Waals surface area contributed by atoms with Crippen LogP contribution in [0.3, 0.4) is 0 Å². The molecule has 1 N–H and O–H groups in total. The fraction of sp³-hybridized carbons (Fsp3) is 0.571. The van der Waals surface area contributed by atoms with E-state index in [1.165, 1.54) is 25.3 Å². The Bertz CT molecular complexity index is 839. The summed E-state index contributed by atoms with van der Waals surface area (Å²) in [6, 6.07) is 6.99. The maximum absolute atomic E-state index is 14.1. The van der Waals surface area contributed by atoms with Crippen molar-refractivity contribution in [1.82, 2.24) is 25.0 Å². The number of rotatable bonds is 4. The lowest BCUT2D eigenvalue weighted by Gasteiger charge is -2.37. The van der Waals surface area contributed by atoms with Crippen LogP contribution in [0.2, 0.25) is 0 Å². The first kappa shape index (κ1) is 19.7.